The molecule has 3 N–H and O–H groups in total. The molecule has 0 atom stereocenters. The Morgan fingerprint density at radius 2 is 1.84 bits per heavy atom. The monoisotopic (exact) mass is 284 g/mol. The fraction of sp³-hybridized carbons (Fsp3) is 0.300. The summed E-state index contributed by atoms with van der Waals surface area (Å²) in [6.07, 6.45) is -5.98. The van der Waals surface area contributed by atoms with Gasteiger partial charge >= 0.3 is 18.0 Å². The molecule has 0 heterocycles. The Hall–Kier alpha value is -2.06. The number of rotatable bonds is 3. The molecule has 0 saturated heterocycles. The number of anilines is 2. The van der Waals surface area contributed by atoms with Crippen molar-refractivity contribution in [1.29, 1.82) is 0 Å². The predicted molar refractivity (Wildman–Crippen MR) is 57.0 cm³/mol. The Morgan fingerprint density at radius 3 is 2.32 bits per heavy atom. The molecule has 0 spiro atoms. The molecule has 0 radical (unpaired) electrons. The van der Waals surface area contributed by atoms with E-state index in [0.29, 0.717) is 0 Å². The van der Waals surface area contributed by atoms with Crippen LogP contribution in [0.4, 0.5) is 33.3 Å². The standard InChI is InChI=1S/C10H9F5N2O2/c1-19-5-2-3-6(16)7(4-5)17-8(18)9(11,12)10(13,14)15/h2-4H,16H2,1H3,(H,17,18). The SMILES string of the molecule is COc1ccc(N)c(NC(=O)C(F)(F)C(F)(F)F)c1. The van der Waals surface area contributed by atoms with Gasteiger partial charge in [0.15, 0.2) is 0 Å². The Bertz CT molecular complexity index is 487. The lowest BCUT2D eigenvalue weighted by atomic mass is 10.2. The first-order chi connectivity index (χ1) is 8.59. The molecule has 4 nitrogen and oxygen atoms in total. The van der Waals surface area contributed by atoms with E-state index >= 15 is 0 Å². The second kappa shape index (κ2) is 4.90. The number of methoxy groups -OCH3 is 1. The summed E-state index contributed by atoms with van der Waals surface area (Å²) >= 11 is 0. The minimum Gasteiger partial charge on any atom is -0.497 e. The van der Waals surface area contributed by atoms with Crippen molar-refractivity contribution in [2.75, 3.05) is 18.2 Å². The fourth-order valence-electron chi connectivity index (χ4n) is 1.10. The van der Waals surface area contributed by atoms with Gasteiger partial charge in [-0.3, -0.25) is 4.79 Å². The molecular weight excluding hydrogens is 275 g/mol. The van der Waals surface area contributed by atoms with E-state index in [1.807, 2.05) is 0 Å². The molecule has 1 amide bonds. The molecular formula is C10H9F5N2O2. The number of alkyl halides is 5. The van der Waals surface area contributed by atoms with Crippen LogP contribution in [0.25, 0.3) is 0 Å². The number of nitrogens with one attached hydrogen (secondary N) is 1. The Labute approximate surface area is 104 Å². The number of carbonyl (C=O) groups excluding carboxylic acids is 1. The van der Waals surface area contributed by atoms with Gasteiger partial charge in [0, 0.05) is 6.07 Å². The van der Waals surface area contributed by atoms with Crippen molar-refractivity contribution in [3.05, 3.63) is 18.2 Å². The van der Waals surface area contributed by atoms with Crippen molar-refractivity contribution in [3.63, 3.8) is 0 Å². The summed E-state index contributed by atoms with van der Waals surface area (Å²) in [5.74, 6) is -7.89. The molecule has 106 valence electrons. The maximum Gasteiger partial charge on any atom is 0.463 e. The number of amides is 1. The smallest absolute Gasteiger partial charge is 0.463 e. The summed E-state index contributed by atoms with van der Waals surface area (Å²) < 4.78 is 66.1. The van der Waals surface area contributed by atoms with E-state index in [-0.39, 0.29) is 11.4 Å². The van der Waals surface area contributed by atoms with E-state index in [1.54, 1.807) is 0 Å². The zero-order chi connectivity index (χ0) is 14.8. The second-order valence-electron chi connectivity index (χ2n) is 3.48. The molecule has 9 heteroatoms. The molecule has 19 heavy (non-hydrogen) atoms. The van der Waals surface area contributed by atoms with Crippen molar-refractivity contribution in [1.82, 2.24) is 0 Å². The van der Waals surface area contributed by atoms with E-state index in [1.165, 1.54) is 24.6 Å². The summed E-state index contributed by atoms with van der Waals surface area (Å²) in [5, 5.41) is 1.42. The van der Waals surface area contributed by atoms with Gasteiger partial charge in [-0.1, -0.05) is 0 Å². The molecule has 0 aliphatic rings. The number of hydrogen-bond donors (Lipinski definition) is 2. The second-order valence-corrected chi connectivity index (χ2v) is 3.48. The van der Waals surface area contributed by atoms with Crippen LogP contribution in [0.2, 0.25) is 0 Å². The van der Waals surface area contributed by atoms with Crippen molar-refractivity contribution in [3.8, 4) is 5.75 Å². The summed E-state index contributed by atoms with van der Waals surface area (Å²) in [5.41, 5.74) is 4.78. The number of ether oxygens (including phenoxy) is 1. The first kappa shape index (κ1) is 15.0. The van der Waals surface area contributed by atoms with Gasteiger partial charge in [0.1, 0.15) is 5.75 Å². The number of carbonyl (C=O) groups is 1. The highest BCUT2D eigenvalue weighted by atomic mass is 19.4. The third kappa shape index (κ3) is 3.04. The van der Waals surface area contributed by atoms with Crippen LogP contribution in [0.3, 0.4) is 0 Å². The highest BCUT2D eigenvalue weighted by Crippen LogP contribution is 2.37. The average molecular weight is 284 g/mol. The van der Waals surface area contributed by atoms with E-state index in [2.05, 4.69) is 0 Å². The summed E-state index contributed by atoms with van der Waals surface area (Å²) in [6, 6.07) is 3.58. The van der Waals surface area contributed by atoms with E-state index < -0.39 is 23.7 Å². The molecule has 0 saturated carbocycles. The van der Waals surface area contributed by atoms with Gasteiger partial charge in [0.05, 0.1) is 18.5 Å². The predicted octanol–water partition coefficient (Wildman–Crippen LogP) is 2.41. The van der Waals surface area contributed by atoms with Gasteiger partial charge in [-0.05, 0) is 12.1 Å². The number of halogens is 5. The van der Waals surface area contributed by atoms with Crippen LogP contribution in [0.1, 0.15) is 0 Å². The zero-order valence-electron chi connectivity index (χ0n) is 9.52. The van der Waals surface area contributed by atoms with Gasteiger partial charge < -0.3 is 15.8 Å². The van der Waals surface area contributed by atoms with Gasteiger partial charge in [-0.15, -0.1) is 0 Å². The third-order valence-corrected chi connectivity index (χ3v) is 2.15. The molecule has 0 unspecified atom stereocenters. The number of nitrogens with two attached hydrogens (primary N) is 1. The molecule has 0 bridgehead atoms. The van der Waals surface area contributed by atoms with Crippen LogP contribution in [-0.2, 0) is 4.79 Å². The molecule has 1 rings (SSSR count). The van der Waals surface area contributed by atoms with Crippen molar-refractivity contribution in [2.45, 2.75) is 12.1 Å². The first-order valence-corrected chi connectivity index (χ1v) is 4.79. The molecule has 0 aromatic heterocycles. The molecule has 0 fully saturated rings. The minimum atomic E-state index is -5.98. The highest BCUT2D eigenvalue weighted by Gasteiger charge is 2.63. The maximum absolute atomic E-state index is 12.7. The molecule has 0 aliphatic carbocycles. The minimum absolute atomic E-state index is 0.139. The molecule has 1 aromatic carbocycles. The lowest BCUT2D eigenvalue weighted by molar-refractivity contribution is -0.267. The van der Waals surface area contributed by atoms with Gasteiger partial charge in [-0.25, -0.2) is 0 Å². The van der Waals surface area contributed by atoms with Gasteiger partial charge in [0.25, 0.3) is 0 Å². The van der Waals surface area contributed by atoms with Crippen LogP contribution >= 0.6 is 0 Å². The van der Waals surface area contributed by atoms with Crippen molar-refractivity contribution in [2.24, 2.45) is 0 Å². The summed E-state index contributed by atoms with van der Waals surface area (Å²) in [7, 11) is 1.25. The number of benzene rings is 1. The lowest BCUT2D eigenvalue weighted by Crippen LogP contribution is -2.47. The zero-order valence-corrected chi connectivity index (χ0v) is 9.52. The van der Waals surface area contributed by atoms with Crippen LogP contribution in [0.15, 0.2) is 18.2 Å². The fourth-order valence-corrected chi connectivity index (χ4v) is 1.10. The number of nitrogen functional groups attached to an aromatic ring is 1. The Morgan fingerprint density at radius 1 is 1.26 bits per heavy atom. The van der Waals surface area contributed by atoms with Crippen LogP contribution < -0.4 is 15.8 Å². The first-order valence-electron chi connectivity index (χ1n) is 4.79. The number of hydrogen-bond acceptors (Lipinski definition) is 3. The lowest BCUT2D eigenvalue weighted by Gasteiger charge is -2.19. The third-order valence-electron chi connectivity index (χ3n) is 2.15. The average Bonchev–Trinajstić information content (AvgIpc) is 2.30. The van der Waals surface area contributed by atoms with E-state index in [4.69, 9.17) is 10.5 Å². The molecule has 1 aromatic rings. The van der Waals surface area contributed by atoms with Crippen LogP contribution in [0, 0.1) is 0 Å². The maximum atomic E-state index is 12.7. The highest BCUT2D eigenvalue weighted by molar-refractivity contribution is 5.99. The van der Waals surface area contributed by atoms with Gasteiger partial charge in [-0.2, -0.15) is 22.0 Å². The van der Waals surface area contributed by atoms with Gasteiger partial charge in [0.2, 0.25) is 0 Å². The topological polar surface area (TPSA) is 64.3 Å². The molecule has 0 aliphatic heterocycles. The summed E-state index contributed by atoms with van der Waals surface area (Å²) in [6.45, 7) is 0. The quantitative estimate of drug-likeness (QED) is 0.661. The van der Waals surface area contributed by atoms with E-state index in [9.17, 15) is 26.7 Å². The Balaban J connectivity index is 3.00. The van der Waals surface area contributed by atoms with Crippen LogP contribution in [0.5, 0.6) is 5.75 Å². The van der Waals surface area contributed by atoms with Crippen molar-refractivity contribution >= 4 is 17.3 Å². The van der Waals surface area contributed by atoms with Crippen LogP contribution in [-0.4, -0.2) is 25.1 Å². The van der Waals surface area contributed by atoms with Crippen molar-refractivity contribution < 1.29 is 31.5 Å². The normalized spacial score (nSPS) is 12.1. The Kier molecular flexibility index (Phi) is 3.87. The van der Waals surface area contributed by atoms with E-state index in [0.717, 1.165) is 6.07 Å². The largest absolute Gasteiger partial charge is 0.497 e. The summed E-state index contributed by atoms with van der Waals surface area (Å²) in [4.78, 5) is 11.0.